The number of fused-ring (bicyclic) bond motifs is 2. The van der Waals surface area contributed by atoms with E-state index in [1.165, 1.54) is 25.7 Å². The normalized spacial score (nSPS) is 16.7. The lowest BCUT2D eigenvalue weighted by molar-refractivity contribution is -0.141. The average molecular weight is 860 g/mol. The van der Waals surface area contributed by atoms with E-state index >= 15 is 0 Å². The van der Waals surface area contributed by atoms with Crippen LogP contribution in [0.15, 0.2) is 42.5 Å². The van der Waals surface area contributed by atoms with Crippen LogP contribution in [0.1, 0.15) is 112 Å². The van der Waals surface area contributed by atoms with Crippen molar-refractivity contribution in [1.29, 1.82) is 0 Å². The minimum Gasteiger partial charge on any atom is -0.384 e. The molecule has 62 heavy (non-hydrogen) atoms. The number of hydrogen-bond donors (Lipinski definition) is 8. The summed E-state index contributed by atoms with van der Waals surface area (Å²) in [7, 11) is 0. The van der Waals surface area contributed by atoms with Gasteiger partial charge in [-0.25, -0.2) is 0 Å². The topological polar surface area (TPSA) is 267 Å². The summed E-state index contributed by atoms with van der Waals surface area (Å²) in [5, 5.41) is 18.9. The van der Waals surface area contributed by atoms with Gasteiger partial charge in [0.15, 0.2) is 11.6 Å². The Kier molecular flexibility index (Phi) is 17.7. The maximum Gasteiger partial charge on any atom is 0.245 e. The number of anilines is 1. The molecular formula is C44H61N9O9. The van der Waals surface area contributed by atoms with Crippen molar-refractivity contribution in [2.75, 3.05) is 31.5 Å². The Balaban J connectivity index is 1.26. The molecule has 18 nitrogen and oxygen atoms in total. The molecule has 6 atom stereocenters. The molecule has 0 spiro atoms. The predicted molar refractivity (Wildman–Crippen MR) is 231 cm³/mol. The van der Waals surface area contributed by atoms with Gasteiger partial charge in [0, 0.05) is 42.0 Å². The summed E-state index contributed by atoms with van der Waals surface area (Å²) in [6.07, 6.45) is 2.54. The molecule has 1 saturated heterocycles. The number of nitrogens with two attached hydrogens (primary N) is 1. The molecule has 2 aliphatic rings. The van der Waals surface area contributed by atoms with Crippen LogP contribution >= 0.6 is 0 Å². The summed E-state index contributed by atoms with van der Waals surface area (Å²) < 4.78 is 0. The van der Waals surface area contributed by atoms with Gasteiger partial charge < -0.3 is 47.9 Å². The van der Waals surface area contributed by atoms with Gasteiger partial charge in [-0.2, -0.15) is 0 Å². The largest absolute Gasteiger partial charge is 0.384 e. The zero-order chi connectivity index (χ0) is 45.7. The van der Waals surface area contributed by atoms with Crippen LogP contribution in [0.25, 0.3) is 0 Å². The molecule has 0 bridgehead atoms. The van der Waals surface area contributed by atoms with Gasteiger partial charge in [0.25, 0.3) is 0 Å². The van der Waals surface area contributed by atoms with E-state index in [1.807, 2.05) is 20.8 Å². The number of carbonyl (C=O) groups is 9. The van der Waals surface area contributed by atoms with Crippen molar-refractivity contribution in [2.45, 2.75) is 116 Å². The highest BCUT2D eigenvalue weighted by Crippen LogP contribution is 2.32. The molecule has 2 aromatic rings. The fourth-order valence-electron chi connectivity index (χ4n) is 7.33. The molecule has 336 valence electrons. The van der Waals surface area contributed by atoms with Crippen molar-refractivity contribution < 1.29 is 43.2 Å². The van der Waals surface area contributed by atoms with Crippen molar-refractivity contribution in [3.8, 4) is 0 Å². The second-order valence-electron chi connectivity index (χ2n) is 16.3. The van der Waals surface area contributed by atoms with Crippen LogP contribution in [0.5, 0.6) is 0 Å². The van der Waals surface area contributed by atoms with Gasteiger partial charge in [0.1, 0.15) is 30.2 Å². The van der Waals surface area contributed by atoms with Crippen LogP contribution in [-0.4, -0.2) is 120 Å². The molecule has 7 amide bonds. The molecule has 1 heterocycles. The van der Waals surface area contributed by atoms with Crippen LogP contribution in [0, 0.1) is 5.92 Å². The van der Waals surface area contributed by atoms with E-state index in [4.69, 9.17) is 5.73 Å². The number of likely N-dealkylation sites (tertiary alicyclic amines) is 1. The van der Waals surface area contributed by atoms with E-state index in [2.05, 4.69) is 37.2 Å². The van der Waals surface area contributed by atoms with Gasteiger partial charge in [0.2, 0.25) is 41.4 Å². The molecule has 1 aliphatic heterocycles. The van der Waals surface area contributed by atoms with Crippen molar-refractivity contribution in [2.24, 2.45) is 11.7 Å². The first kappa shape index (κ1) is 48.5. The van der Waals surface area contributed by atoms with E-state index in [0.717, 1.165) is 0 Å². The van der Waals surface area contributed by atoms with Gasteiger partial charge in [-0.1, -0.05) is 63.6 Å². The van der Waals surface area contributed by atoms with Crippen molar-refractivity contribution in [3.05, 3.63) is 64.7 Å². The maximum atomic E-state index is 13.9. The number of benzene rings is 2. The van der Waals surface area contributed by atoms with E-state index in [9.17, 15) is 43.2 Å². The fraction of sp³-hybridized carbons (Fsp3) is 0.523. The summed E-state index contributed by atoms with van der Waals surface area (Å²) >= 11 is 0. The Labute approximate surface area is 362 Å². The molecule has 0 saturated carbocycles. The molecule has 4 rings (SSSR count). The standard InChI is InChI=1S/C44H61N9O9/c1-7-13-32(52-41(59)27(6)50-40(58)26(5)49-39(57)25(4)45)42(60)48-23-35(54)51-33(22-24(2)3)44(62)53-21-11-18-34(53)43(61)47-20-12-19-46-31-17-10-16-30-36(31)38(56)29-15-9-8-14-28(29)37(30)55/h8-10,14-17,24-27,32-34,46H,7,11-13,18-23,45H2,1-6H3,(H,47,61)(H,48,60)(H,49,57)(H,50,58)(H,51,54)(H,52,59)/t25-,26+,27+,32+,33+,34+/m1/s1. The quantitative estimate of drug-likeness (QED) is 0.0690. The Morgan fingerprint density at radius 1 is 0.726 bits per heavy atom. The summed E-state index contributed by atoms with van der Waals surface area (Å²) in [5.74, 6) is -4.27. The van der Waals surface area contributed by atoms with Crippen molar-refractivity contribution in [3.63, 3.8) is 0 Å². The number of amides is 7. The first-order valence-corrected chi connectivity index (χ1v) is 21.3. The van der Waals surface area contributed by atoms with Crippen molar-refractivity contribution >= 4 is 58.6 Å². The summed E-state index contributed by atoms with van der Waals surface area (Å²) in [6.45, 7) is 10.4. The Morgan fingerprint density at radius 2 is 1.35 bits per heavy atom. The third kappa shape index (κ3) is 12.7. The minimum absolute atomic E-state index is 0.00490. The van der Waals surface area contributed by atoms with Gasteiger partial charge in [0.05, 0.1) is 18.2 Å². The first-order valence-electron chi connectivity index (χ1n) is 21.3. The SMILES string of the molecule is CCC[C@H](NC(=O)[C@H](C)NC(=O)[C@H](C)NC(=O)[C@@H](C)N)C(=O)NCC(=O)N[C@@H](CC(C)C)C(=O)N1CCC[C@H]1C(=O)NCCCNc1cccc2c1C(=O)c1ccccc1C2=O. The van der Waals surface area contributed by atoms with E-state index in [-0.39, 0.29) is 42.8 Å². The number of nitrogens with zero attached hydrogens (tertiary/aromatic N) is 1. The Bertz CT molecular complexity index is 2020. The zero-order valence-corrected chi connectivity index (χ0v) is 36.4. The van der Waals surface area contributed by atoms with Gasteiger partial charge in [-0.15, -0.1) is 0 Å². The Morgan fingerprint density at radius 3 is 2.00 bits per heavy atom. The minimum atomic E-state index is -1.06. The lowest BCUT2D eigenvalue weighted by Crippen LogP contribution is -2.57. The average Bonchev–Trinajstić information content (AvgIpc) is 3.74. The summed E-state index contributed by atoms with van der Waals surface area (Å²) in [5.41, 5.74) is 7.46. The molecule has 2 aromatic carbocycles. The molecule has 1 fully saturated rings. The van der Waals surface area contributed by atoms with Gasteiger partial charge in [-0.05, 0) is 64.9 Å². The third-order valence-electron chi connectivity index (χ3n) is 10.7. The highest BCUT2D eigenvalue weighted by molar-refractivity contribution is 6.30. The fourth-order valence-corrected chi connectivity index (χ4v) is 7.33. The van der Waals surface area contributed by atoms with Crippen LogP contribution in [0.3, 0.4) is 0 Å². The number of ketones is 2. The lowest BCUT2D eigenvalue weighted by Gasteiger charge is -2.29. The maximum absolute atomic E-state index is 13.9. The predicted octanol–water partition coefficient (Wildman–Crippen LogP) is 0.660. The van der Waals surface area contributed by atoms with Crippen LogP contribution in [-0.2, 0) is 33.6 Å². The Hall–Kier alpha value is -6.17. The smallest absolute Gasteiger partial charge is 0.245 e. The van der Waals surface area contributed by atoms with E-state index < -0.39 is 78.2 Å². The first-order chi connectivity index (χ1) is 29.4. The molecule has 0 radical (unpaired) electrons. The van der Waals surface area contributed by atoms with E-state index in [0.29, 0.717) is 66.7 Å². The van der Waals surface area contributed by atoms with E-state index in [1.54, 1.807) is 42.5 Å². The number of rotatable bonds is 21. The van der Waals surface area contributed by atoms with Crippen molar-refractivity contribution in [1.82, 2.24) is 36.8 Å². The molecular weight excluding hydrogens is 799 g/mol. The third-order valence-corrected chi connectivity index (χ3v) is 10.7. The lowest BCUT2D eigenvalue weighted by atomic mass is 9.83. The number of nitrogens with one attached hydrogen (secondary N) is 7. The van der Waals surface area contributed by atoms with Crippen LogP contribution in [0.2, 0.25) is 0 Å². The van der Waals surface area contributed by atoms with Crippen LogP contribution in [0.4, 0.5) is 5.69 Å². The monoisotopic (exact) mass is 859 g/mol. The zero-order valence-electron chi connectivity index (χ0n) is 36.4. The second-order valence-corrected chi connectivity index (χ2v) is 16.3. The molecule has 0 aromatic heterocycles. The molecule has 0 unspecified atom stereocenters. The number of carbonyl (C=O) groups excluding carboxylic acids is 9. The van der Waals surface area contributed by atoms with Crippen LogP contribution < -0.4 is 43.0 Å². The molecule has 1 aliphatic carbocycles. The molecule has 18 heteroatoms. The second kappa shape index (κ2) is 22.6. The highest BCUT2D eigenvalue weighted by Gasteiger charge is 2.38. The summed E-state index contributed by atoms with van der Waals surface area (Å²) in [6, 6.07) is 6.24. The number of hydrogen-bond acceptors (Lipinski definition) is 11. The van der Waals surface area contributed by atoms with Gasteiger partial charge in [-0.3, -0.25) is 43.2 Å². The van der Waals surface area contributed by atoms with Gasteiger partial charge >= 0.3 is 0 Å². The molecule has 9 N–H and O–H groups in total. The highest BCUT2D eigenvalue weighted by atomic mass is 16.2. The summed E-state index contributed by atoms with van der Waals surface area (Å²) in [4.78, 5) is 119.